The van der Waals surface area contributed by atoms with Gasteiger partial charge in [-0.2, -0.15) is 0 Å². The molecule has 2 N–H and O–H groups in total. The molecule has 0 aliphatic heterocycles. The van der Waals surface area contributed by atoms with Gasteiger partial charge in [0, 0.05) is 15.7 Å². The monoisotopic (exact) mass is 425 g/mol. The summed E-state index contributed by atoms with van der Waals surface area (Å²) in [6.45, 7) is 2.52. The molecule has 3 rings (SSSR count). The highest BCUT2D eigenvalue weighted by Gasteiger charge is 2.09. The van der Waals surface area contributed by atoms with Gasteiger partial charge in [-0.1, -0.05) is 45.2 Å². The Balaban J connectivity index is 1.73. The van der Waals surface area contributed by atoms with Crippen molar-refractivity contribution in [2.75, 3.05) is 5.32 Å². The van der Waals surface area contributed by atoms with Crippen molar-refractivity contribution in [3.05, 3.63) is 68.3 Å². The van der Waals surface area contributed by atoms with Gasteiger partial charge >= 0.3 is 0 Å². The topological polar surface area (TPSA) is 45.4 Å². The molecule has 0 radical (unpaired) electrons. The molecule has 124 valence electrons. The first-order valence-electron chi connectivity index (χ1n) is 7.21. The third kappa shape index (κ3) is 3.72. The van der Waals surface area contributed by atoms with Gasteiger partial charge in [-0.15, -0.1) is 0 Å². The van der Waals surface area contributed by atoms with Gasteiger partial charge in [-0.25, -0.2) is 0 Å². The van der Waals surface area contributed by atoms with E-state index in [-0.39, 0.29) is 15.8 Å². The van der Waals surface area contributed by atoms with E-state index < -0.39 is 0 Å². The van der Waals surface area contributed by atoms with E-state index in [1.165, 1.54) is 0 Å². The largest absolute Gasteiger partial charge is 0.505 e. The Morgan fingerprint density at radius 1 is 1.08 bits per heavy atom. The molecule has 0 spiro atoms. The van der Waals surface area contributed by atoms with Gasteiger partial charge in [-0.05, 0) is 48.9 Å². The van der Waals surface area contributed by atoms with E-state index in [0.29, 0.717) is 12.2 Å². The lowest BCUT2D eigenvalue weighted by molar-refractivity contribution is 0.476. The second-order valence-electron chi connectivity index (χ2n) is 5.37. The van der Waals surface area contributed by atoms with Gasteiger partial charge in [0.25, 0.3) is 0 Å². The number of hydrogen-bond acceptors (Lipinski definition) is 3. The highest BCUT2D eigenvalue weighted by molar-refractivity contribution is 9.10. The fourth-order valence-corrected chi connectivity index (χ4v) is 3.02. The first-order valence-corrected chi connectivity index (χ1v) is 8.76. The van der Waals surface area contributed by atoms with Gasteiger partial charge < -0.3 is 14.8 Å². The van der Waals surface area contributed by atoms with Crippen LogP contribution in [0, 0.1) is 6.92 Å². The van der Waals surface area contributed by atoms with Crippen molar-refractivity contribution in [2.45, 2.75) is 13.5 Å². The number of rotatable bonds is 4. The molecule has 0 saturated heterocycles. The maximum absolute atomic E-state index is 9.57. The number of phenolic OH excluding ortho intramolecular Hbond substituents is 1. The van der Waals surface area contributed by atoms with Crippen LogP contribution in [0.2, 0.25) is 10.0 Å². The fourth-order valence-electron chi connectivity index (χ4n) is 2.28. The van der Waals surface area contributed by atoms with E-state index in [1.807, 2.05) is 31.2 Å². The Morgan fingerprint density at radius 2 is 1.79 bits per heavy atom. The number of anilines is 1. The number of phenols is 1. The summed E-state index contributed by atoms with van der Waals surface area (Å²) in [5.41, 5.74) is 2.88. The van der Waals surface area contributed by atoms with Crippen molar-refractivity contribution < 1.29 is 9.52 Å². The third-order valence-corrected chi connectivity index (χ3v) is 5.05. The van der Waals surface area contributed by atoms with Crippen molar-refractivity contribution in [1.29, 1.82) is 0 Å². The van der Waals surface area contributed by atoms with Crippen LogP contribution in [0.5, 0.6) is 5.75 Å². The molecule has 0 aliphatic rings. The van der Waals surface area contributed by atoms with Gasteiger partial charge in [0.15, 0.2) is 5.75 Å². The summed E-state index contributed by atoms with van der Waals surface area (Å²) in [6, 6.07) is 13.2. The van der Waals surface area contributed by atoms with Crippen molar-refractivity contribution in [3.63, 3.8) is 0 Å². The number of benzene rings is 2. The van der Waals surface area contributed by atoms with Crippen LogP contribution in [0.4, 0.5) is 5.69 Å². The molecule has 1 heterocycles. The van der Waals surface area contributed by atoms with Crippen LogP contribution >= 0.6 is 39.1 Å². The molecule has 0 fully saturated rings. The van der Waals surface area contributed by atoms with Crippen LogP contribution in [0.3, 0.4) is 0 Å². The molecule has 24 heavy (non-hydrogen) atoms. The summed E-state index contributed by atoms with van der Waals surface area (Å²) in [5, 5.41) is 13.2. The second-order valence-corrected chi connectivity index (χ2v) is 7.04. The van der Waals surface area contributed by atoms with Crippen LogP contribution in [0.15, 0.2) is 51.4 Å². The number of aromatic hydroxyl groups is 1. The van der Waals surface area contributed by atoms with Crippen molar-refractivity contribution in [2.24, 2.45) is 0 Å². The molecule has 0 aliphatic carbocycles. The number of nitrogens with one attached hydrogen (secondary N) is 1. The van der Waals surface area contributed by atoms with E-state index in [1.54, 1.807) is 12.1 Å². The average Bonchev–Trinajstić information content (AvgIpc) is 3.02. The van der Waals surface area contributed by atoms with Crippen LogP contribution in [0.1, 0.15) is 11.3 Å². The summed E-state index contributed by atoms with van der Waals surface area (Å²) in [5.74, 6) is 1.48. The standard InChI is InChI=1S/C18H14BrCl2NO2/c1-10-6-11(2-4-14(10)19)17-5-3-13(24-17)9-22-12-7-15(20)18(23)16(21)8-12/h2-8,22-23H,9H2,1H3. The summed E-state index contributed by atoms with van der Waals surface area (Å²) < 4.78 is 6.95. The Labute approximate surface area is 158 Å². The molecule has 6 heteroatoms. The summed E-state index contributed by atoms with van der Waals surface area (Å²) in [4.78, 5) is 0. The van der Waals surface area contributed by atoms with Crippen molar-refractivity contribution in [3.8, 4) is 17.1 Å². The zero-order valence-corrected chi connectivity index (χ0v) is 15.8. The van der Waals surface area contributed by atoms with E-state index in [4.69, 9.17) is 27.6 Å². The molecular formula is C18H14BrCl2NO2. The summed E-state index contributed by atoms with van der Waals surface area (Å²) >= 11 is 15.3. The summed E-state index contributed by atoms with van der Waals surface area (Å²) in [6.07, 6.45) is 0. The van der Waals surface area contributed by atoms with Crippen molar-refractivity contribution in [1.82, 2.24) is 0 Å². The fraction of sp³-hybridized carbons (Fsp3) is 0.111. The smallest absolute Gasteiger partial charge is 0.152 e. The molecule has 0 amide bonds. The quantitative estimate of drug-likeness (QED) is 0.459. The Bertz CT molecular complexity index is 869. The maximum Gasteiger partial charge on any atom is 0.152 e. The van der Waals surface area contributed by atoms with E-state index in [2.05, 4.69) is 27.3 Å². The van der Waals surface area contributed by atoms with Gasteiger partial charge in [0.1, 0.15) is 11.5 Å². The highest BCUT2D eigenvalue weighted by Crippen LogP contribution is 2.35. The zero-order valence-electron chi connectivity index (χ0n) is 12.7. The van der Waals surface area contributed by atoms with E-state index in [0.717, 1.165) is 27.1 Å². The van der Waals surface area contributed by atoms with Crippen molar-refractivity contribution >= 4 is 44.8 Å². The third-order valence-electron chi connectivity index (χ3n) is 3.59. The Morgan fingerprint density at radius 3 is 2.46 bits per heavy atom. The van der Waals surface area contributed by atoms with Gasteiger partial charge in [0.2, 0.25) is 0 Å². The zero-order chi connectivity index (χ0) is 17.3. The number of halogens is 3. The lowest BCUT2D eigenvalue weighted by Gasteiger charge is -2.07. The average molecular weight is 427 g/mol. The SMILES string of the molecule is Cc1cc(-c2ccc(CNc3cc(Cl)c(O)c(Cl)c3)o2)ccc1Br. The van der Waals surface area contributed by atoms with Crippen LogP contribution in [-0.2, 0) is 6.54 Å². The normalized spacial score (nSPS) is 10.8. The molecular weight excluding hydrogens is 413 g/mol. The minimum atomic E-state index is -0.116. The van der Waals surface area contributed by atoms with Gasteiger partial charge in [0.05, 0.1) is 16.6 Å². The van der Waals surface area contributed by atoms with E-state index in [9.17, 15) is 5.11 Å². The second kappa shape index (κ2) is 7.09. The molecule has 3 aromatic rings. The highest BCUT2D eigenvalue weighted by atomic mass is 79.9. The molecule has 0 atom stereocenters. The van der Waals surface area contributed by atoms with E-state index >= 15 is 0 Å². The molecule has 2 aromatic carbocycles. The van der Waals surface area contributed by atoms with Crippen LogP contribution in [-0.4, -0.2) is 5.11 Å². The Kier molecular flexibility index (Phi) is 5.09. The number of hydrogen-bond donors (Lipinski definition) is 2. The molecule has 0 unspecified atom stereocenters. The van der Waals surface area contributed by atoms with Crippen LogP contribution in [0.25, 0.3) is 11.3 Å². The predicted molar refractivity (Wildman–Crippen MR) is 102 cm³/mol. The minimum Gasteiger partial charge on any atom is -0.505 e. The van der Waals surface area contributed by atoms with Crippen LogP contribution < -0.4 is 5.32 Å². The molecule has 0 bridgehead atoms. The minimum absolute atomic E-state index is 0.116. The maximum atomic E-state index is 9.57. The lowest BCUT2D eigenvalue weighted by Crippen LogP contribution is -1.98. The first kappa shape index (κ1) is 17.2. The van der Waals surface area contributed by atoms with Gasteiger partial charge in [-0.3, -0.25) is 0 Å². The Hall–Kier alpha value is -1.62. The molecule has 3 nitrogen and oxygen atoms in total. The predicted octanol–water partition coefficient (Wildman–Crippen LogP) is 6.64. The lowest BCUT2D eigenvalue weighted by atomic mass is 10.1. The summed E-state index contributed by atoms with van der Waals surface area (Å²) in [7, 11) is 0. The number of furan rings is 1. The molecule has 1 aromatic heterocycles. The number of aryl methyl sites for hydroxylation is 1. The first-order chi connectivity index (χ1) is 11.4. The molecule has 0 saturated carbocycles.